The Kier molecular flexibility index (Phi) is 3.30. The van der Waals surface area contributed by atoms with Crippen molar-refractivity contribution in [3.05, 3.63) is 11.6 Å². The minimum atomic E-state index is -0.129. The summed E-state index contributed by atoms with van der Waals surface area (Å²) in [6.07, 6.45) is 1.00. The van der Waals surface area contributed by atoms with Crippen molar-refractivity contribution < 1.29 is 4.74 Å². The lowest BCUT2D eigenvalue weighted by Gasteiger charge is -2.27. The van der Waals surface area contributed by atoms with Crippen LogP contribution >= 0.6 is 11.6 Å². The molecule has 1 saturated heterocycles. The van der Waals surface area contributed by atoms with Gasteiger partial charge in [0.1, 0.15) is 0 Å². The van der Waals surface area contributed by atoms with Gasteiger partial charge in [0.05, 0.1) is 11.2 Å². The Morgan fingerprint density at radius 2 is 2.07 bits per heavy atom. The molecule has 0 aromatic rings. The topological polar surface area (TPSA) is 21.3 Å². The highest BCUT2D eigenvalue weighted by atomic mass is 35.5. The normalized spacial score (nSPS) is 29.1. The third-order valence-electron chi connectivity index (χ3n) is 2.61. The van der Waals surface area contributed by atoms with E-state index in [4.69, 9.17) is 16.3 Å². The van der Waals surface area contributed by atoms with Gasteiger partial charge in [-0.25, -0.2) is 0 Å². The van der Waals surface area contributed by atoms with Crippen molar-refractivity contribution in [2.24, 2.45) is 0 Å². The molecule has 3 heteroatoms. The van der Waals surface area contributed by atoms with Crippen LogP contribution in [0.25, 0.3) is 0 Å². The predicted molar refractivity (Wildman–Crippen MR) is 60.6 cm³/mol. The first-order valence-electron chi connectivity index (χ1n) is 5.00. The van der Waals surface area contributed by atoms with Gasteiger partial charge in [-0.1, -0.05) is 18.2 Å². The molecule has 0 bridgehead atoms. The first kappa shape index (κ1) is 12.0. The van der Waals surface area contributed by atoms with Gasteiger partial charge in [-0.05, 0) is 34.1 Å². The summed E-state index contributed by atoms with van der Waals surface area (Å²) in [5, 5.41) is 4.01. The summed E-state index contributed by atoms with van der Waals surface area (Å²) in [6.45, 7) is 12.8. The monoisotopic (exact) mass is 217 g/mol. The average Bonchev–Trinajstić information content (AvgIpc) is 2.14. The number of nitrogens with one attached hydrogen (secondary N) is 1. The van der Waals surface area contributed by atoms with Gasteiger partial charge in [-0.15, -0.1) is 0 Å². The maximum atomic E-state index is 5.95. The highest BCUT2D eigenvalue weighted by Gasteiger charge is 2.45. The van der Waals surface area contributed by atoms with Crippen LogP contribution in [0.2, 0.25) is 0 Å². The van der Waals surface area contributed by atoms with Gasteiger partial charge in [0.25, 0.3) is 0 Å². The van der Waals surface area contributed by atoms with E-state index >= 15 is 0 Å². The van der Waals surface area contributed by atoms with Crippen molar-refractivity contribution in [1.29, 1.82) is 0 Å². The highest BCUT2D eigenvalue weighted by molar-refractivity contribution is 6.29. The molecular formula is C11H20ClNO. The van der Waals surface area contributed by atoms with Crippen LogP contribution in [0.4, 0.5) is 0 Å². The molecule has 2 nitrogen and oxygen atoms in total. The largest absolute Gasteiger partial charge is 0.368 e. The van der Waals surface area contributed by atoms with Crippen molar-refractivity contribution in [1.82, 2.24) is 5.32 Å². The molecule has 0 aromatic carbocycles. The van der Waals surface area contributed by atoms with E-state index in [1.165, 1.54) is 0 Å². The van der Waals surface area contributed by atoms with Crippen molar-refractivity contribution in [2.75, 3.05) is 6.54 Å². The molecule has 0 aliphatic carbocycles. The molecule has 0 aromatic heterocycles. The average molecular weight is 218 g/mol. The molecule has 0 radical (unpaired) electrons. The van der Waals surface area contributed by atoms with Crippen LogP contribution in [0, 0.1) is 0 Å². The molecule has 0 spiro atoms. The summed E-state index contributed by atoms with van der Waals surface area (Å²) in [5.41, 5.74) is -0.176. The maximum absolute atomic E-state index is 5.95. The lowest BCUT2D eigenvalue weighted by molar-refractivity contribution is -0.0696. The Hall–Kier alpha value is -0.0500. The Morgan fingerprint density at radius 3 is 2.43 bits per heavy atom. The van der Waals surface area contributed by atoms with Crippen molar-refractivity contribution >= 4 is 11.6 Å². The van der Waals surface area contributed by atoms with E-state index < -0.39 is 0 Å². The summed E-state index contributed by atoms with van der Waals surface area (Å²) in [5.74, 6) is 0. The number of halogens is 1. The quantitative estimate of drug-likeness (QED) is 0.785. The van der Waals surface area contributed by atoms with Crippen LogP contribution in [-0.2, 0) is 4.74 Å². The molecule has 1 aliphatic heterocycles. The minimum Gasteiger partial charge on any atom is -0.368 e. The molecule has 0 amide bonds. The van der Waals surface area contributed by atoms with E-state index in [1.807, 2.05) is 0 Å². The van der Waals surface area contributed by atoms with E-state index in [2.05, 4.69) is 39.6 Å². The summed E-state index contributed by atoms with van der Waals surface area (Å²) in [6, 6.07) is 0.341. The van der Waals surface area contributed by atoms with Gasteiger partial charge < -0.3 is 10.1 Å². The van der Waals surface area contributed by atoms with E-state index in [0.717, 1.165) is 6.42 Å². The number of hydrogen-bond acceptors (Lipinski definition) is 2. The van der Waals surface area contributed by atoms with Crippen molar-refractivity contribution in [3.8, 4) is 0 Å². The zero-order chi connectivity index (χ0) is 11.0. The third kappa shape index (κ3) is 2.97. The van der Waals surface area contributed by atoms with E-state index in [-0.39, 0.29) is 11.2 Å². The smallest absolute Gasteiger partial charge is 0.0787 e. The first-order valence-corrected chi connectivity index (χ1v) is 5.38. The predicted octanol–water partition coefficient (Wildman–Crippen LogP) is 2.67. The second-order valence-corrected chi connectivity index (χ2v) is 5.65. The molecule has 1 aliphatic rings. The van der Waals surface area contributed by atoms with Gasteiger partial charge in [-0.3, -0.25) is 0 Å². The molecule has 1 N–H and O–H groups in total. The molecule has 1 heterocycles. The zero-order valence-corrected chi connectivity index (χ0v) is 10.2. The van der Waals surface area contributed by atoms with Crippen LogP contribution in [0.5, 0.6) is 0 Å². The number of rotatable bonds is 3. The summed E-state index contributed by atoms with van der Waals surface area (Å²) < 4.78 is 5.95. The molecule has 1 fully saturated rings. The van der Waals surface area contributed by atoms with Crippen LogP contribution in [-0.4, -0.2) is 23.8 Å². The highest BCUT2D eigenvalue weighted by Crippen LogP contribution is 2.37. The van der Waals surface area contributed by atoms with Gasteiger partial charge >= 0.3 is 0 Å². The lowest BCUT2D eigenvalue weighted by atomic mass is 9.94. The second kappa shape index (κ2) is 3.84. The van der Waals surface area contributed by atoms with Crippen LogP contribution in [0.15, 0.2) is 11.6 Å². The van der Waals surface area contributed by atoms with Gasteiger partial charge in [0.15, 0.2) is 0 Å². The van der Waals surface area contributed by atoms with E-state index in [9.17, 15) is 0 Å². The Labute approximate surface area is 91.7 Å². The van der Waals surface area contributed by atoms with Gasteiger partial charge in [0, 0.05) is 17.6 Å². The van der Waals surface area contributed by atoms with Crippen molar-refractivity contribution in [2.45, 2.75) is 51.4 Å². The fourth-order valence-electron chi connectivity index (χ4n) is 2.11. The summed E-state index contributed by atoms with van der Waals surface area (Å²) in [4.78, 5) is 0. The van der Waals surface area contributed by atoms with Crippen LogP contribution in [0.1, 0.15) is 34.1 Å². The Bertz CT molecular complexity index is 235. The molecule has 82 valence electrons. The molecule has 1 atom stereocenters. The first-order chi connectivity index (χ1) is 6.23. The van der Waals surface area contributed by atoms with Gasteiger partial charge in [-0.2, -0.15) is 0 Å². The molecular weight excluding hydrogens is 198 g/mol. The second-order valence-electron chi connectivity index (χ2n) is 5.12. The van der Waals surface area contributed by atoms with E-state index in [1.54, 1.807) is 0 Å². The Balaban J connectivity index is 2.57. The number of ether oxygens (including phenoxy) is 1. The van der Waals surface area contributed by atoms with E-state index in [0.29, 0.717) is 17.6 Å². The molecule has 14 heavy (non-hydrogen) atoms. The van der Waals surface area contributed by atoms with Crippen LogP contribution < -0.4 is 5.32 Å². The maximum Gasteiger partial charge on any atom is 0.0787 e. The summed E-state index contributed by atoms with van der Waals surface area (Å²) in [7, 11) is 0. The number of hydrogen-bond donors (Lipinski definition) is 1. The molecule has 1 rings (SSSR count). The fourth-order valence-corrected chi connectivity index (χ4v) is 2.19. The molecule has 0 saturated carbocycles. The summed E-state index contributed by atoms with van der Waals surface area (Å²) >= 11 is 5.72. The lowest BCUT2D eigenvalue weighted by Crippen LogP contribution is -2.43. The minimum absolute atomic E-state index is 0.0468. The zero-order valence-electron chi connectivity index (χ0n) is 9.48. The SMILES string of the molecule is C=C(Cl)CNC1CC(C)(C)OC1(C)C. The standard InChI is InChI=1S/C11H20ClNO/c1-8(12)7-13-9-6-10(2,3)14-11(9,4)5/h9,13H,1,6-7H2,2-5H3. The molecule has 1 unspecified atom stereocenters. The van der Waals surface area contributed by atoms with Crippen LogP contribution in [0.3, 0.4) is 0 Å². The van der Waals surface area contributed by atoms with Crippen molar-refractivity contribution in [3.63, 3.8) is 0 Å². The Morgan fingerprint density at radius 1 is 1.50 bits per heavy atom. The van der Waals surface area contributed by atoms with Gasteiger partial charge in [0.2, 0.25) is 0 Å². The fraction of sp³-hybridized carbons (Fsp3) is 0.818. The third-order valence-corrected chi connectivity index (χ3v) is 2.75.